The summed E-state index contributed by atoms with van der Waals surface area (Å²) in [7, 11) is 0. The van der Waals surface area contributed by atoms with Crippen molar-refractivity contribution in [2.45, 2.75) is 13.0 Å². The molecule has 0 saturated carbocycles. The molecule has 0 radical (unpaired) electrons. The Morgan fingerprint density at radius 3 is 2.82 bits per heavy atom. The maximum Gasteiger partial charge on any atom is 0.222 e. The van der Waals surface area contributed by atoms with Crippen molar-refractivity contribution in [3.8, 4) is 0 Å². The SMILES string of the molecule is O=C(CCNc1nc2ccccc2s1)NCc1ccccn1. The molecule has 112 valence electrons. The fourth-order valence-electron chi connectivity index (χ4n) is 2.01. The Balaban J connectivity index is 1.43. The summed E-state index contributed by atoms with van der Waals surface area (Å²) in [6, 6.07) is 13.6. The van der Waals surface area contributed by atoms with E-state index in [-0.39, 0.29) is 5.91 Å². The summed E-state index contributed by atoms with van der Waals surface area (Å²) >= 11 is 1.60. The third-order valence-corrected chi connectivity index (χ3v) is 4.11. The third kappa shape index (κ3) is 3.79. The van der Waals surface area contributed by atoms with Crippen LogP contribution in [0, 0.1) is 0 Å². The van der Waals surface area contributed by atoms with Crippen LogP contribution in [-0.4, -0.2) is 22.4 Å². The van der Waals surface area contributed by atoms with E-state index < -0.39 is 0 Å². The molecule has 3 aromatic rings. The molecule has 0 atom stereocenters. The minimum atomic E-state index is -0.000681. The molecule has 22 heavy (non-hydrogen) atoms. The lowest BCUT2D eigenvalue weighted by atomic mass is 10.3. The first-order chi connectivity index (χ1) is 10.8. The van der Waals surface area contributed by atoms with E-state index in [4.69, 9.17) is 0 Å². The van der Waals surface area contributed by atoms with Gasteiger partial charge in [0.05, 0.1) is 22.5 Å². The summed E-state index contributed by atoms with van der Waals surface area (Å²) in [5.74, 6) is -0.000681. The molecule has 0 bridgehead atoms. The van der Waals surface area contributed by atoms with E-state index in [9.17, 15) is 4.79 Å². The zero-order valence-electron chi connectivity index (χ0n) is 12.0. The molecule has 1 aromatic carbocycles. The standard InChI is InChI=1S/C16H16N4OS/c21-15(19-11-12-5-3-4-9-17-12)8-10-18-16-20-13-6-1-2-7-14(13)22-16/h1-7,9H,8,10-11H2,(H,18,20)(H,19,21). The molecule has 6 heteroatoms. The van der Waals surface area contributed by atoms with Gasteiger partial charge in [0.25, 0.3) is 0 Å². The normalized spacial score (nSPS) is 10.5. The van der Waals surface area contributed by atoms with Crippen molar-refractivity contribution in [3.63, 3.8) is 0 Å². The zero-order valence-corrected chi connectivity index (χ0v) is 12.8. The number of hydrogen-bond donors (Lipinski definition) is 2. The van der Waals surface area contributed by atoms with Crippen molar-refractivity contribution in [2.75, 3.05) is 11.9 Å². The number of thiazole rings is 1. The first-order valence-corrected chi connectivity index (χ1v) is 7.89. The summed E-state index contributed by atoms with van der Waals surface area (Å²) in [6.07, 6.45) is 2.12. The molecule has 2 heterocycles. The predicted molar refractivity (Wildman–Crippen MR) is 88.8 cm³/mol. The molecule has 0 aliphatic rings. The maximum atomic E-state index is 11.8. The second kappa shape index (κ2) is 7.00. The number of anilines is 1. The Hall–Kier alpha value is -2.47. The van der Waals surface area contributed by atoms with Crippen molar-refractivity contribution in [2.24, 2.45) is 0 Å². The average molecular weight is 312 g/mol. The van der Waals surface area contributed by atoms with E-state index in [1.165, 1.54) is 0 Å². The molecule has 0 fully saturated rings. The first kappa shape index (κ1) is 14.5. The summed E-state index contributed by atoms with van der Waals surface area (Å²) in [6.45, 7) is 1.02. The van der Waals surface area contributed by atoms with Gasteiger partial charge < -0.3 is 10.6 Å². The van der Waals surface area contributed by atoms with Gasteiger partial charge in [-0.1, -0.05) is 29.5 Å². The van der Waals surface area contributed by atoms with Crippen molar-refractivity contribution in [3.05, 3.63) is 54.4 Å². The highest BCUT2D eigenvalue weighted by Gasteiger charge is 2.04. The van der Waals surface area contributed by atoms with E-state index in [1.807, 2.05) is 42.5 Å². The number of fused-ring (bicyclic) bond motifs is 1. The van der Waals surface area contributed by atoms with Crippen molar-refractivity contribution >= 4 is 32.6 Å². The van der Waals surface area contributed by atoms with Crippen LogP contribution >= 0.6 is 11.3 Å². The predicted octanol–water partition coefficient (Wildman–Crippen LogP) is 2.81. The molecule has 0 aliphatic carbocycles. The van der Waals surface area contributed by atoms with Gasteiger partial charge in [-0.2, -0.15) is 0 Å². The lowest BCUT2D eigenvalue weighted by Gasteiger charge is -2.05. The third-order valence-electron chi connectivity index (χ3n) is 3.11. The van der Waals surface area contributed by atoms with Gasteiger partial charge in [-0.25, -0.2) is 4.98 Å². The van der Waals surface area contributed by atoms with Crippen molar-refractivity contribution in [1.29, 1.82) is 0 Å². The highest BCUT2D eigenvalue weighted by molar-refractivity contribution is 7.22. The number of pyridine rings is 1. The molecule has 0 unspecified atom stereocenters. The maximum absolute atomic E-state index is 11.8. The number of hydrogen-bond acceptors (Lipinski definition) is 5. The minimum absolute atomic E-state index is 0.000681. The smallest absolute Gasteiger partial charge is 0.222 e. The molecule has 1 amide bonds. The second-order valence-electron chi connectivity index (χ2n) is 4.76. The Labute approximate surface area is 132 Å². The highest BCUT2D eigenvalue weighted by Crippen LogP contribution is 2.25. The number of nitrogens with one attached hydrogen (secondary N) is 2. The van der Waals surface area contributed by atoms with E-state index in [0.29, 0.717) is 19.5 Å². The van der Waals surface area contributed by atoms with Crippen LogP contribution in [0.15, 0.2) is 48.7 Å². The topological polar surface area (TPSA) is 66.9 Å². The molecule has 2 aromatic heterocycles. The van der Waals surface area contributed by atoms with E-state index in [1.54, 1.807) is 17.5 Å². The highest BCUT2D eigenvalue weighted by atomic mass is 32.1. The van der Waals surface area contributed by atoms with E-state index >= 15 is 0 Å². The summed E-state index contributed by atoms with van der Waals surface area (Å²) in [5, 5.41) is 6.89. The number of carbonyl (C=O) groups excluding carboxylic acids is 1. The Morgan fingerprint density at radius 2 is 2.00 bits per heavy atom. The second-order valence-corrected chi connectivity index (χ2v) is 5.79. The number of para-hydroxylation sites is 1. The zero-order chi connectivity index (χ0) is 15.2. The van der Waals surface area contributed by atoms with Crippen LogP contribution in [0.25, 0.3) is 10.2 Å². The van der Waals surface area contributed by atoms with Crippen molar-refractivity contribution < 1.29 is 4.79 Å². The van der Waals surface area contributed by atoms with Gasteiger partial charge in [0, 0.05) is 19.2 Å². The van der Waals surface area contributed by atoms with Gasteiger partial charge in [0.15, 0.2) is 5.13 Å². The lowest BCUT2D eigenvalue weighted by molar-refractivity contribution is -0.121. The van der Waals surface area contributed by atoms with Crippen LogP contribution in [0.5, 0.6) is 0 Å². The quantitative estimate of drug-likeness (QED) is 0.734. The van der Waals surface area contributed by atoms with Gasteiger partial charge in [0.2, 0.25) is 5.91 Å². The fourth-order valence-corrected chi connectivity index (χ4v) is 2.90. The van der Waals surface area contributed by atoms with Gasteiger partial charge >= 0.3 is 0 Å². The van der Waals surface area contributed by atoms with Crippen LogP contribution in [0.1, 0.15) is 12.1 Å². The Morgan fingerprint density at radius 1 is 1.14 bits per heavy atom. The monoisotopic (exact) mass is 312 g/mol. The average Bonchev–Trinajstić information content (AvgIpc) is 2.96. The van der Waals surface area contributed by atoms with Crippen LogP contribution in [0.2, 0.25) is 0 Å². The van der Waals surface area contributed by atoms with Crippen LogP contribution in [0.3, 0.4) is 0 Å². The molecule has 0 aliphatic heterocycles. The number of nitrogens with zero attached hydrogens (tertiary/aromatic N) is 2. The molecule has 0 spiro atoms. The summed E-state index contributed by atoms with van der Waals surface area (Å²) < 4.78 is 1.14. The number of rotatable bonds is 6. The Bertz CT molecular complexity index is 724. The van der Waals surface area contributed by atoms with E-state index in [2.05, 4.69) is 20.6 Å². The molecule has 0 saturated heterocycles. The van der Waals surface area contributed by atoms with Gasteiger partial charge in [-0.3, -0.25) is 9.78 Å². The Kier molecular flexibility index (Phi) is 4.60. The lowest BCUT2D eigenvalue weighted by Crippen LogP contribution is -2.25. The molecule has 5 nitrogen and oxygen atoms in total. The number of amides is 1. The minimum Gasteiger partial charge on any atom is -0.361 e. The van der Waals surface area contributed by atoms with E-state index in [0.717, 1.165) is 21.0 Å². The van der Waals surface area contributed by atoms with Crippen molar-refractivity contribution in [1.82, 2.24) is 15.3 Å². The van der Waals surface area contributed by atoms with Crippen LogP contribution < -0.4 is 10.6 Å². The number of carbonyl (C=O) groups is 1. The summed E-state index contributed by atoms with van der Waals surface area (Å²) in [5.41, 5.74) is 1.84. The molecule has 2 N–H and O–H groups in total. The molecular weight excluding hydrogens is 296 g/mol. The largest absolute Gasteiger partial charge is 0.361 e. The van der Waals surface area contributed by atoms with Gasteiger partial charge in [0.1, 0.15) is 0 Å². The van der Waals surface area contributed by atoms with Gasteiger partial charge in [-0.05, 0) is 24.3 Å². The number of aromatic nitrogens is 2. The van der Waals surface area contributed by atoms with Crippen LogP contribution in [0.4, 0.5) is 5.13 Å². The molecular formula is C16H16N4OS. The summed E-state index contributed by atoms with van der Waals surface area (Å²) in [4.78, 5) is 20.4. The first-order valence-electron chi connectivity index (χ1n) is 7.07. The number of benzene rings is 1. The molecule has 3 rings (SSSR count). The van der Waals surface area contributed by atoms with Crippen LogP contribution in [-0.2, 0) is 11.3 Å². The van der Waals surface area contributed by atoms with Gasteiger partial charge in [-0.15, -0.1) is 0 Å². The fraction of sp³-hybridized carbons (Fsp3) is 0.188.